The SMILES string of the molecule is COc1ccc2c(ccn2CCN(C)C)c1.O=C(O)C(=O)O. The van der Waals surface area contributed by atoms with Crippen molar-refractivity contribution in [2.75, 3.05) is 27.7 Å². The lowest BCUT2D eigenvalue weighted by Gasteiger charge is -2.11. The maximum atomic E-state index is 9.10. The third-order valence-corrected chi connectivity index (χ3v) is 2.95. The Morgan fingerprint density at radius 3 is 2.32 bits per heavy atom. The summed E-state index contributed by atoms with van der Waals surface area (Å²) >= 11 is 0. The molecular formula is C15H20N2O5. The molecule has 0 aliphatic heterocycles. The Bertz CT molecular complexity index is 636. The van der Waals surface area contributed by atoms with Crippen LogP contribution in [0.4, 0.5) is 0 Å². The Kier molecular flexibility index (Phi) is 6.40. The molecule has 0 amide bonds. The standard InChI is InChI=1S/C13H18N2O.C2H2O4/c1-14(2)8-9-15-7-6-11-10-12(16-3)4-5-13(11)15;3-1(4)2(5)6/h4-7,10H,8-9H2,1-3H3;(H,3,4)(H,5,6). The summed E-state index contributed by atoms with van der Waals surface area (Å²) in [6, 6.07) is 8.33. The van der Waals surface area contributed by atoms with Crippen molar-refractivity contribution < 1.29 is 24.5 Å². The Labute approximate surface area is 128 Å². The van der Waals surface area contributed by atoms with Gasteiger partial charge in [-0.05, 0) is 38.4 Å². The molecule has 0 atom stereocenters. The number of likely N-dealkylation sites (N-methyl/N-ethyl adjacent to an activating group) is 1. The van der Waals surface area contributed by atoms with E-state index < -0.39 is 11.9 Å². The summed E-state index contributed by atoms with van der Waals surface area (Å²) in [5, 5.41) is 16.0. The van der Waals surface area contributed by atoms with Gasteiger partial charge in [0.2, 0.25) is 0 Å². The molecule has 0 radical (unpaired) electrons. The zero-order chi connectivity index (χ0) is 16.7. The molecule has 0 fully saturated rings. The lowest BCUT2D eigenvalue weighted by Crippen LogP contribution is -2.17. The van der Waals surface area contributed by atoms with E-state index in [-0.39, 0.29) is 0 Å². The lowest BCUT2D eigenvalue weighted by molar-refractivity contribution is -0.159. The first-order chi connectivity index (χ1) is 10.3. The van der Waals surface area contributed by atoms with Crippen LogP contribution < -0.4 is 4.74 Å². The average Bonchev–Trinajstić information content (AvgIpc) is 2.87. The first-order valence-electron chi connectivity index (χ1n) is 6.59. The number of carboxylic acids is 2. The Morgan fingerprint density at radius 2 is 1.82 bits per heavy atom. The van der Waals surface area contributed by atoms with Gasteiger partial charge < -0.3 is 24.4 Å². The van der Waals surface area contributed by atoms with Crippen molar-refractivity contribution in [2.24, 2.45) is 0 Å². The van der Waals surface area contributed by atoms with Crippen molar-refractivity contribution in [3.63, 3.8) is 0 Å². The smallest absolute Gasteiger partial charge is 0.414 e. The molecule has 22 heavy (non-hydrogen) atoms. The van der Waals surface area contributed by atoms with E-state index in [1.54, 1.807) is 7.11 Å². The predicted octanol–water partition coefficient (Wildman–Crippen LogP) is 1.37. The number of hydrogen-bond acceptors (Lipinski definition) is 4. The molecule has 1 heterocycles. The highest BCUT2D eigenvalue weighted by Crippen LogP contribution is 2.21. The quantitative estimate of drug-likeness (QED) is 0.829. The summed E-state index contributed by atoms with van der Waals surface area (Å²) in [4.78, 5) is 20.4. The van der Waals surface area contributed by atoms with E-state index in [2.05, 4.69) is 48.0 Å². The monoisotopic (exact) mass is 308 g/mol. The zero-order valence-corrected chi connectivity index (χ0v) is 12.8. The number of methoxy groups -OCH3 is 1. The minimum absolute atomic E-state index is 0.915. The normalized spacial score (nSPS) is 10.2. The van der Waals surface area contributed by atoms with Crippen molar-refractivity contribution in [3.05, 3.63) is 30.5 Å². The molecule has 2 aromatic rings. The number of ether oxygens (including phenoxy) is 1. The number of hydrogen-bond donors (Lipinski definition) is 2. The first kappa shape index (κ1) is 17.5. The second-order valence-electron chi connectivity index (χ2n) is 4.85. The average molecular weight is 308 g/mol. The van der Waals surface area contributed by atoms with E-state index in [4.69, 9.17) is 24.5 Å². The predicted molar refractivity (Wildman–Crippen MR) is 82.3 cm³/mol. The van der Waals surface area contributed by atoms with Crippen LogP contribution in [0, 0.1) is 0 Å². The number of nitrogens with zero attached hydrogens (tertiary/aromatic N) is 2. The third-order valence-electron chi connectivity index (χ3n) is 2.95. The molecule has 1 aromatic heterocycles. The van der Waals surface area contributed by atoms with E-state index in [0.29, 0.717) is 0 Å². The number of aliphatic carboxylic acids is 2. The van der Waals surface area contributed by atoms with Crippen LogP contribution in [-0.2, 0) is 16.1 Å². The molecule has 0 spiro atoms. The van der Waals surface area contributed by atoms with Gasteiger partial charge >= 0.3 is 11.9 Å². The zero-order valence-electron chi connectivity index (χ0n) is 12.8. The van der Waals surface area contributed by atoms with Gasteiger partial charge in [-0.25, -0.2) is 9.59 Å². The number of rotatable bonds is 4. The molecular weight excluding hydrogens is 288 g/mol. The van der Waals surface area contributed by atoms with Gasteiger partial charge in [-0.2, -0.15) is 0 Å². The summed E-state index contributed by atoms with van der Waals surface area (Å²) in [5.74, 6) is -2.73. The number of fused-ring (bicyclic) bond motifs is 1. The van der Waals surface area contributed by atoms with E-state index in [1.165, 1.54) is 10.9 Å². The van der Waals surface area contributed by atoms with Crippen molar-refractivity contribution in [1.82, 2.24) is 9.47 Å². The summed E-state index contributed by atoms with van der Waals surface area (Å²) in [6.45, 7) is 2.07. The van der Waals surface area contributed by atoms with Gasteiger partial charge in [0.05, 0.1) is 7.11 Å². The fraction of sp³-hybridized carbons (Fsp3) is 0.333. The number of carboxylic acid groups (broad SMARTS) is 2. The van der Waals surface area contributed by atoms with Crippen LogP contribution in [0.1, 0.15) is 0 Å². The van der Waals surface area contributed by atoms with Crippen LogP contribution in [0.3, 0.4) is 0 Å². The van der Waals surface area contributed by atoms with Gasteiger partial charge in [0.1, 0.15) is 5.75 Å². The number of benzene rings is 1. The van der Waals surface area contributed by atoms with Crippen LogP contribution in [-0.4, -0.2) is 59.4 Å². The Morgan fingerprint density at radius 1 is 1.18 bits per heavy atom. The van der Waals surface area contributed by atoms with Crippen LogP contribution in [0.5, 0.6) is 5.75 Å². The first-order valence-corrected chi connectivity index (χ1v) is 6.59. The van der Waals surface area contributed by atoms with Crippen molar-refractivity contribution >= 4 is 22.8 Å². The molecule has 0 saturated heterocycles. The van der Waals surface area contributed by atoms with E-state index in [1.807, 2.05) is 6.07 Å². The highest BCUT2D eigenvalue weighted by Gasteiger charge is 2.04. The summed E-state index contributed by atoms with van der Waals surface area (Å²) in [6.07, 6.45) is 2.13. The second-order valence-corrected chi connectivity index (χ2v) is 4.85. The minimum Gasteiger partial charge on any atom is -0.497 e. The van der Waals surface area contributed by atoms with Gasteiger partial charge in [-0.15, -0.1) is 0 Å². The molecule has 0 bridgehead atoms. The Balaban J connectivity index is 0.000000346. The largest absolute Gasteiger partial charge is 0.497 e. The maximum absolute atomic E-state index is 9.10. The number of aromatic nitrogens is 1. The molecule has 1 aromatic carbocycles. The summed E-state index contributed by atoms with van der Waals surface area (Å²) in [7, 11) is 5.88. The minimum atomic E-state index is -1.82. The highest BCUT2D eigenvalue weighted by atomic mass is 16.5. The molecule has 2 rings (SSSR count). The van der Waals surface area contributed by atoms with Crippen LogP contribution >= 0.6 is 0 Å². The van der Waals surface area contributed by atoms with Crippen molar-refractivity contribution in [3.8, 4) is 5.75 Å². The third kappa shape index (κ3) is 5.10. The van der Waals surface area contributed by atoms with Gasteiger partial charge in [0, 0.05) is 30.2 Å². The molecule has 0 aliphatic rings. The van der Waals surface area contributed by atoms with Gasteiger partial charge in [0.15, 0.2) is 0 Å². The fourth-order valence-electron chi connectivity index (χ4n) is 1.81. The van der Waals surface area contributed by atoms with Gasteiger partial charge in [-0.3, -0.25) is 0 Å². The second kappa shape index (κ2) is 8.04. The molecule has 0 saturated carbocycles. The molecule has 0 aliphatic carbocycles. The molecule has 7 heteroatoms. The van der Waals surface area contributed by atoms with Gasteiger partial charge in [-0.1, -0.05) is 0 Å². The van der Waals surface area contributed by atoms with E-state index in [9.17, 15) is 0 Å². The van der Waals surface area contributed by atoms with E-state index in [0.717, 1.165) is 18.8 Å². The molecule has 120 valence electrons. The number of carbonyl (C=O) groups is 2. The van der Waals surface area contributed by atoms with Crippen molar-refractivity contribution in [1.29, 1.82) is 0 Å². The fourth-order valence-corrected chi connectivity index (χ4v) is 1.81. The molecule has 0 unspecified atom stereocenters. The Hall–Kier alpha value is -2.54. The summed E-state index contributed by atoms with van der Waals surface area (Å²) < 4.78 is 7.48. The van der Waals surface area contributed by atoms with Crippen LogP contribution in [0.25, 0.3) is 10.9 Å². The van der Waals surface area contributed by atoms with Crippen LogP contribution in [0.2, 0.25) is 0 Å². The summed E-state index contributed by atoms with van der Waals surface area (Å²) in [5.41, 5.74) is 1.27. The highest BCUT2D eigenvalue weighted by molar-refractivity contribution is 6.27. The van der Waals surface area contributed by atoms with Gasteiger partial charge in [0.25, 0.3) is 0 Å². The maximum Gasteiger partial charge on any atom is 0.414 e. The van der Waals surface area contributed by atoms with E-state index >= 15 is 0 Å². The lowest BCUT2D eigenvalue weighted by atomic mass is 10.2. The van der Waals surface area contributed by atoms with Crippen LogP contribution in [0.15, 0.2) is 30.5 Å². The molecule has 2 N–H and O–H groups in total. The molecule has 7 nitrogen and oxygen atoms in total. The van der Waals surface area contributed by atoms with Crippen molar-refractivity contribution in [2.45, 2.75) is 6.54 Å². The topological polar surface area (TPSA) is 92.0 Å².